The van der Waals surface area contributed by atoms with Crippen molar-refractivity contribution in [3.8, 4) is 5.75 Å². The number of carbonyl (C=O) groups excluding carboxylic acids is 1. The van der Waals surface area contributed by atoms with Crippen molar-refractivity contribution in [1.29, 1.82) is 0 Å². The number of hydrogen-bond acceptors (Lipinski definition) is 5. The lowest BCUT2D eigenvalue weighted by Crippen LogP contribution is -2.10. The zero-order chi connectivity index (χ0) is 14.0. The lowest BCUT2D eigenvalue weighted by atomic mass is 10.2. The van der Waals surface area contributed by atoms with Crippen molar-refractivity contribution in [1.82, 2.24) is 0 Å². The third kappa shape index (κ3) is 2.71. The van der Waals surface area contributed by atoms with Crippen LogP contribution in [0.15, 0.2) is 34.7 Å². The van der Waals surface area contributed by atoms with Gasteiger partial charge in [0.15, 0.2) is 5.76 Å². The zero-order valence-corrected chi connectivity index (χ0v) is 9.91. The van der Waals surface area contributed by atoms with Crippen molar-refractivity contribution >= 4 is 17.5 Å². The Balaban J connectivity index is 2.15. The molecule has 0 radical (unpaired) electrons. The molecule has 0 bridgehead atoms. The van der Waals surface area contributed by atoms with Gasteiger partial charge in [0.1, 0.15) is 10.7 Å². The van der Waals surface area contributed by atoms with Gasteiger partial charge in [-0.25, -0.2) is 0 Å². The molecule has 0 saturated carbocycles. The fraction of sp³-hybridized carbons (Fsp3) is 0.0833. The number of furan rings is 1. The maximum absolute atomic E-state index is 11.8. The number of nitrogens with zero attached hydrogens (tertiary/aromatic N) is 1. The van der Waals surface area contributed by atoms with Crippen molar-refractivity contribution in [2.75, 3.05) is 5.32 Å². The lowest BCUT2D eigenvalue weighted by Gasteiger charge is -2.05. The third-order valence-corrected chi connectivity index (χ3v) is 2.45. The Hall–Kier alpha value is -2.83. The maximum atomic E-state index is 11.8. The number of nitrogens with one attached hydrogen (secondary N) is 1. The number of phenols is 1. The molecule has 0 spiro atoms. The van der Waals surface area contributed by atoms with Crippen LogP contribution >= 0.6 is 0 Å². The standard InChI is InChI=1S/C12H10N2O5/c1-7-6-8(2-3-9(7)15)13-12(16)10-4-5-11(19-10)14(17)18/h2-6,15H,1H3,(H,13,16). The zero-order valence-electron chi connectivity index (χ0n) is 9.91. The van der Waals surface area contributed by atoms with Crippen LogP contribution in [-0.4, -0.2) is 15.9 Å². The Morgan fingerprint density at radius 2 is 2.11 bits per heavy atom. The van der Waals surface area contributed by atoms with E-state index in [9.17, 15) is 20.0 Å². The first-order valence-corrected chi connectivity index (χ1v) is 5.32. The van der Waals surface area contributed by atoms with E-state index in [-0.39, 0.29) is 11.5 Å². The normalized spacial score (nSPS) is 10.2. The summed E-state index contributed by atoms with van der Waals surface area (Å²) < 4.78 is 4.77. The summed E-state index contributed by atoms with van der Waals surface area (Å²) in [6.45, 7) is 1.68. The first-order valence-electron chi connectivity index (χ1n) is 5.32. The van der Waals surface area contributed by atoms with Crippen LogP contribution < -0.4 is 5.32 Å². The molecule has 98 valence electrons. The van der Waals surface area contributed by atoms with Gasteiger partial charge in [-0.05, 0) is 36.8 Å². The van der Waals surface area contributed by atoms with Gasteiger partial charge < -0.3 is 14.8 Å². The Morgan fingerprint density at radius 3 is 2.68 bits per heavy atom. The summed E-state index contributed by atoms with van der Waals surface area (Å²) in [7, 11) is 0. The summed E-state index contributed by atoms with van der Waals surface area (Å²) in [5, 5.41) is 22.3. The molecule has 0 aliphatic heterocycles. The minimum absolute atomic E-state index is 0.117. The molecule has 7 nitrogen and oxygen atoms in total. The topological polar surface area (TPSA) is 106 Å². The summed E-state index contributed by atoms with van der Waals surface area (Å²) in [6, 6.07) is 6.86. The molecule has 1 amide bonds. The van der Waals surface area contributed by atoms with Gasteiger partial charge in [-0.15, -0.1) is 0 Å². The molecule has 0 aliphatic rings. The number of anilines is 1. The van der Waals surface area contributed by atoms with Crippen LogP contribution in [0.4, 0.5) is 11.6 Å². The van der Waals surface area contributed by atoms with E-state index in [0.29, 0.717) is 11.3 Å². The largest absolute Gasteiger partial charge is 0.508 e. The van der Waals surface area contributed by atoms with Crippen LogP contribution in [0.2, 0.25) is 0 Å². The van der Waals surface area contributed by atoms with Crippen LogP contribution in [0.5, 0.6) is 5.75 Å². The van der Waals surface area contributed by atoms with E-state index in [0.717, 1.165) is 6.07 Å². The Kier molecular flexibility index (Phi) is 3.19. The van der Waals surface area contributed by atoms with E-state index in [4.69, 9.17) is 4.42 Å². The van der Waals surface area contributed by atoms with E-state index in [1.165, 1.54) is 18.2 Å². The van der Waals surface area contributed by atoms with Gasteiger partial charge >= 0.3 is 5.88 Å². The van der Waals surface area contributed by atoms with Crippen LogP contribution in [0, 0.1) is 17.0 Å². The molecule has 0 unspecified atom stereocenters. The molecule has 2 N–H and O–H groups in total. The smallest absolute Gasteiger partial charge is 0.433 e. The molecule has 7 heteroatoms. The highest BCUT2D eigenvalue weighted by atomic mass is 16.6. The number of rotatable bonds is 3. The van der Waals surface area contributed by atoms with Crippen LogP contribution in [0.25, 0.3) is 0 Å². The average molecular weight is 262 g/mol. The molecular formula is C12H10N2O5. The molecule has 1 aromatic heterocycles. The molecule has 0 fully saturated rings. The monoisotopic (exact) mass is 262 g/mol. The molecule has 0 atom stereocenters. The highest BCUT2D eigenvalue weighted by Gasteiger charge is 2.17. The first kappa shape index (κ1) is 12.6. The predicted molar refractivity (Wildman–Crippen MR) is 66.2 cm³/mol. The fourth-order valence-corrected chi connectivity index (χ4v) is 1.47. The summed E-state index contributed by atoms with van der Waals surface area (Å²) in [6.07, 6.45) is 0. The highest BCUT2D eigenvalue weighted by molar-refractivity contribution is 6.02. The van der Waals surface area contributed by atoms with Gasteiger partial charge in [-0.1, -0.05) is 0 Å². The Morgan fingerprint density at radius 1 is 1.37 bits per heavy atom. The maximum Gasteiger partial charge on any atom is 0.433 e. The summed E-state index contributed by atoms with van der Waals surface area (Å²) in [4.78, 5) is 21.5. The van der Waals surface area contributed by atoms with Gasteiger partial charge in [0.2, 0.25) is 0 Å². The minimum Gasteiger partial charge on any atom is -0.508 e. The SMILES string of the molecule is Cc1cc(NC(=O)c2ccc([N+](=O)[O-])o2)ccc1O. The van der Waals surface area contributed by atoms with Crippen molar-refractivity contribution in [3.05, 3.63) is 51.8 Å². The van der Waals surface area contributed by atoms with Crippen molar-refractivity contribution in [2.45, 2.75) is 6.92 Å². The number of phenolic OH excluding ortho intramolecular Hbond substituents is 1. The van der Waals surface area contributed by atoms with Gasteiger partial charge in [-0.2, -0.15) is 0 Å². The average Bonchev–Trinajstić information content (AvgIpc) is 2.83. The number of carbonyl (C=O) groups is 1. The van der Waals surface area contributed by atoms with E-state index in [1.807, 2.05) is 0 Å². The fourth-order valence-electron chi connectivity index (χ4n) is 1.47. The number of aryl methyl sites for hydroxylation is 1. The van der Waals surface area contributed by atoms with E-state index >= 15 is 0 Å². The highest BCUT2D eigenvalue weighted by Crippen LogP contribution is 2.21. The molecular weight excluding hydrogens is 252 g/mol. The van der Waals surface area contributed by atoms with Gasteiger partial charge in [0.25, 0.3) is 5.91 Å². The second-order valence-electron chi connectivity index (χ2n) is 3.85. The first-order chi connectivity index (χ1) is 8.97. The van der Waals surface area contributed by atoms with Gasteiger partial charge in [0, 0.05) is 5.69 Å². The third-order valence-electron chi connectivity index (χ3n) is 2.45. The van der Waals surface area contributed by atoms with E-state index in [1.54, 1.807) is 13.0 Å². The number of nitro groups is 1. The number of amides is 1. The molecule has 0 aliphatic carbocycles. The summed E-state index contributed by atoms with van der Waals surface area (Å²) >= 11 is 0. The number of hydrogen-bond donors (Lipinski definition) is 2. The van der Waals surface area contributed by atoms with E-state index in [2.05, 4.69) is 5.32 Å². The Labute approximate surface area is 107 Å². The van der Waals surface area contributed by atoms with Gasteiger partial charge in [0.05, 0.1) is 6.07 Å². The van der Waals surface area contributed by atoms with Crippen LogP contribution in [0.1, 0.15) is 16.1 Å². The van der Waals surface area contributed by atoms with Crippen LogP contribution in [0.3, 0.4) is 0 Å². The molecule has 1 heterocycles. The van der Waals surface area contributed by atoms with E-state index < -0.39 is 16.7 Å². The van der Waals surface area contributed by atoms with Crippen molar-refractivity contribution in [3.63, 3.8) is 0 Å². The second-order valence-corrected chi connectivity index (χ2v) is 3.85. The van der Waals surface area contributed by atoms with Crippen molar-refractivity contribution < 1.29 is 19.2 Å². The van der Waals surface area contributed by atoms with Gasteiger partial charge in [-0.3, -0.25) is 14.9 Å². The molecule has 2 aromatic rings. The molecule has 0 saturated heterocycles. The van der Waals surface area contributed by atoms with Crippen LogP contribution in [-0.2, 0) is 0 Å². The summed E-state index contributed by atoms with van der Waals surface area (Å²) in [5.74, 6) is -1.13. The molecule has 2 rings (SSSR count). The molecule has 19 heavy (non-hydrogen) atoms. The predicted octanol–water partition coefficient (Wildman–Crippen LogP) is 2.45. The lowest BCUT2D eigenvalue weighted by molar-refractivity contribution is -0.402. The quantitative estimate of drug-likeness (QED) is 0.502. The number of benzene rings is 1. The molecule has 1 aromatic carbocycles. The summed E-state index contributed by atoms with van der Waals surface area (Å²) in [5.41, 5.74) is 1.06. The Bertz CT molecular complexity index is 647. The minimum atomic E-state index is -0.721. The second kappa shape index (κ2) is 4.81. The number of aromatic hydroxyl groups is 1. The van der Waals surface area contributed by atoms with Crippen molar-refractivity contribution in [2.24, 2.45) is 0 Å².